The molecular weight excluding hydrogens is 264 g/mol. The van der Waals surface area contributed by atoms with Crippen molar-refractivity contribution >= 4 is 17.6 Å². The van der Waals surface area contributed by atoms with Gasteiger partial charge in [0, 0.05) is 22.7 Å². The van der Waals surface area contributed by atoms with Crippen LogP contribution in [0.25, 0.3) is 11.4 Å². The second-order valence-corrected chi connectivity index (χ2v) is 5.02. The van der Waals surface area contributed by atoms with E-state index in [4.69, 9.17) is 16.7 Å². The molecule has 96 valence electrons. The third kappa shape index (κ3) is 2.44. The van der Waals surface area contributed by atoms with Crippen LogP contribution in [-0.2, 0) is 0 Å². The summed E-state index contributed by atoms with van der Waals surface area (Å²) in [6, 6.07) is 7.19. The number of aromatic nitrogens is 2. The van der Waals surface area contributed by atoms with Gasteiger partial charge < -0.3 is 5.11 Å². The van der Waals surface area contributed by atoms with Crippen molar-refractivity contribution in [2.24, 2.45) is 0 Å². The highest BCUT2D eigenvalue weighted by Crippen LogP contribution is 2.41. The molecule has 1 heterocycles. The molecule has 0 unspecified atom stereocenters. The zero-order valence-electron chi connectivity index (χ0n) is 10.0. The maximum atomic E-state index is 11.1. The highest BCUT2D eigenvalue weighted by Gasteiger charge is 2.30. The van der Waals surface area contributed by atoms with Gasteiger partial charge in [0.05, 0.1) is 11.3 Å². The smallest absolute Gasteiger partial charge is 0.339 e. The minimum Gasteiger partial charge on any atom is -0.478 e. The van der Waals surface area contributed by atoms with Crippen molar-refractivity contribution < 1.29 is 9.90 Å². The molecule has 19 heavy (non-hydrogen) atoms. The van der Waals surface area contributed by atoms with Crippen molar-refractivity contribution in [3.8, 4) is 11.4 Å². The molecule has 1 saturated carbocycles. The molecule has 0 amide bonds. The summed E-state index contributed by atoms with van der Waals surface area (Å²) in [6.45, 7) is 0. The lowest BCUT2D eigenvalue weighted by Crippen LogP contribution is -2.06. The van der Waals surface area contributed by atoms with Crippen LogP contribution in [0.3, 0.4) is 0 Å². The molecule has 3 rings (SSSR count). The molecule has 0 aliphatic heterocycles. The molecule has 4 nitrogen and oxygen atoms in total. The lowest BCUT2D eigenvalue weighted by atomic mass is 10.1. The molecule has 0 spiro atoms. The Morgan fingerprint density at radius 3 is 2.53 bits per heavy atom. The molecule has 1 aliphatic carbocycles. The molecule has 1 aromatic heterocycles. The van der Waals surface area contributed by atoms with E-state index < -0.39 is 5.97 Å². The first kappa shape index (κ1) is 12.1. The van der Waals surface area contributed by atoms with E-state index in [0.717, 1.165) is 18.4 Å². The standard InChI is InChI=1S/C14H11ClN2O2/c15-10-5-3-9(4-6-10)13-16-7-11(14(18)19)12(17-13)8-1-2-8/h3-8H,1-2H2,(H,18,19). The molecule has 0 bridgehead atoms. The van der Waals surface area contributed by atoms with Gasteiger partial charge in [0.2, 0.25) is 0 Å². The van der Waals surface area contributed by atoms with Gasteiger partial charge in [0.25, 0.3) is 0 Å². The van der Waals surface area contributed by atoms with Crippen molar-refractivity contribution in [3.63, 3.8) is 0 Å². The van der Waals surface area contributed by atoms with Gasteiger partial charge in [0.1, 0.15) is 0 Å². The quantitative estimate of drug-likeness (QED) is 0.932. The van der Waals surface area contributed by atoms with Gasteiger partial charge in [-0.15, -0.1) is 0 Å². The van der Waals surface area contributed by atoms with E-state index in [9.17, 15) is 4.79 Å². The lowest BCUT2D eigenvalue weighted by Gasteiger charge is -2.06. The third-order valence-electron chi connectivity index (χ3n) is 3.12. The van der Waals surface area contributed by atoms with Crippen LogP contribution in [0, 0.1) is 0 Å². The van der Waals surface area contributed by atoms with Gasteiger partial charge in [-0.05, 0) is 37.1 Å². The number of rotatable bonds is 3. The number of carbonyl (C=O) groups is 1. The Bertz CT molecular complexity index is 636. The van der Waals surface area contributed by atoms with Crippen molar-refractivity contribution in [2.45, 2.75) is 18.8 Å². The van der Waals surface area contributed by atoms with E-state index in [-0.39, 0.29) is 11.5 Å². The van der Waals surface area contributed by atoms with Crippen LogP contribution in [-0.4, -0.2) is 21.0 Å². The second-order valence-electron chi connectivity index (χ2n) is 4.58. The number of halogens is 1. The zero-order valence-corrected chi connectivity index (χ0v) is 10.8. The summed E-state index contributed by atoms with van der Waals surface area (Å²) in [6.07, 6.45) is 3.39. The number of carboxylic acid groups (broad SMARTS) is 1. The Balaban J connectivity index is 2.05. The van der Waals surface area contributed by atoms with Gasteiger partial charge >= 0.3 is 5.97 Å². The first-order valence-corrected chi connectivity index (χ1v) is 6.39. The highest BCUT2D eigenvalue weighted by atomic mass is 35.5. The van der Waals surface area contributed by atoms with E-state index in [1.807, 2.05) is 12.1 Å². The number of carboxylic acids is 1. The van der Waals surface area contributed by atoms with Gasteiger partial charge in [-0.1, -0.05) is 11.6 Å². The first-order chi connectivity index (χ1) is 9.15. The van der Waals surface area contributed by atoms with Crippen LogP contribution in [0.4, 0.5) is 0 Å². The van der Waals surface area contributed by atoms with Crippen LogP contribution in [0.2, 0.25) is 5.02 Å². The van der Waals surface area contributed by atoms with Crippen molar-refractivity contribution in [1.29, 1.82) is 0 Å². The number of aromatic carboxylic acids is 1. The monoisotopic (exact) mass is 274 g/mol. The van der Waals surface area contributed by atoms with E-state index in [1.165, 1.54) is 6.20 Å². The molecule has 1 fully saturated rings. The molecule has 1 aromatic carbocycles. The number of hydrogen-bond acceptors (Lipinski definition) is 3. The minimum absolute atomic E-state index is 0.209. The predicted molar refractivity (Wildman–Crippen MR) is 71.4 cm³/mol. The number of nitrogens with zero attached hydrogens (tertiary/aromatic N) is 2. The fraction of sp³-hybridized carbons (Fsp3) is 0.214. The number of benzene rings is 1. The SMILES string of the molecule is O=C(O)c1cnc(-c2ccc(Cl)cc2)nc1C1CC1. The summed E-state index contributed by atoms with van der Waals surface area (Å²) < 4.78 is 0. The fourth-order valence-electron chi connectivity index (χ4n) is 1.97. The number of hydrogen-bond donors (Lipinski definition) is 1. The van der Waals surface area contributed by atoms with E-state index >= 15 is 0 Å². The lowest BCUT2D eigenvalue weighted by molar-refractivity contribution is 0.0694. The van der Waals surface area contributed by atoms with Crippen LogP contribution in [0.5, 0.6) is 0 Å². The first-order valence-electron chi connectivity index (χ1n) is 6.01. The summed E-state index contributed by atoms with van der Waals surface area (Å²) >= 11 is 5.84. The maximum absolute atomic E-state index is 11.1. The molecule has 1 N–H and O–H groups in total. The Morgan fingerprint density at radius 1 is 1.26 bits per heavy atom. The second kappa shape index (κ2) is 4.63. The van der Waals surface area contributed by atoms with Crippen LogP contribution >= 0.6 is 11.6 Å². The minimum atomic E-state index is -0.968. The van der Waals surface area contributed by atoms with Crippen molar-refractivity contribution in [3.05, 3.63) is 46.7 Å². The van der Waals surface area contributed by atoms with Crippen LogP contribution in [0.15, 0.2) is 30.5 Å². The zero-order chi connectivity index (χ0) is 13.4. The Labute approximate surface area is 115 Å². The van der Waals surface area contributed by atoms with Gasteiger partial charge in [-0.3, -0.25) is 0 Å². The molecule has 0 radical (unpaired) electrons. The summed E-state index contributed by atoms with van der Waals surface area (Å²) in [4.78, 5) is 19.7. The fourth-order valence-corrected chi connectivity index (χ4v) is 2.09. The molecular formula is C14H11ClN2O2. The molecule has 0 saturated heterocycles. The van der Waals surface area contributed by atoms with Gasteiger partial charge in [0.15, 0.2) is 5.82 Å². The predicted octanol–water partition coefficient (Wildman–Crippen LogP) is 3.37. The third-order valence-corrected chi connectivity index (χ3v) is 3.37. The van der Waals surface area contributed by atoms with E-state index in [1.54, 1.807) is 12.1 Å². The molecule has 1 aliphatic rings. The summed E-state index contributed by atoms with van der Waals surface area (Å²) in [5, 5.41) is 9.79. The molecule has 0 atom stereocenters. The average Bonchev–Trinajstić information content (AvgIpc) is 3.23. The Hall–Kier alpha value is -1.94. The van der Waals surface area contributed by atoms with Crippen molar-refractivity contribution in [2.75, 3.05) is 0 Å². The van der Waals surface area contributed by atoms with Crippen molar-refractivity contribution in [1.82, 2.24) is 9.97 Å². The molecule has 5 heteroatoms. The largest absolute Gasteiger partial charge is 0.478 e. The van der Waals surface area contributed by atoms with Crippen LogP contribution in [0.1, 0.15) is 34.8 Å². The molecule has 2 aromatic rings. The summed E-state index contributed by atoms with van der Waals surface area (Å²) in [5.41, 5.74) is 1.69. The summed E-state index contributed by atoms with van der Waals surface area (Å²) in [5.74, 6) is -0.159. The highest BCUT2D eigenvalue weighted by molar-refractivity contribution is 6.30. The van der Waals surface area contributed by atoms with Crippen LogP contribution < -0.4 is 0 Å². The van der Waals surface area contributed by atoms with E-state index in [2.05, 4.69) is 9.97 Å². The normalized spacial score (nSPS) is 14.4. The average molecular weight is 275 g/mol. The summed E-state index contributed by atoms with van der Waals surface area (Å²) in [7, 11) is 0. The Morgan fingerprint density at radius 2 is 1.95 bits per heavy atom. The van der Waals surface area contributed by atoms with Gasteiger partial charge in [-0.25, -0.2) is 14.8 Å². The van der Waals surface area contributed by atoms with Gasteiger partial charge in [-0.2, -0.15) is 0 Å². The maximum Gasteiger partial charge on any atom is 0.339 e. The Kier molecular flexibility index (Phi) is 2.95. The topological polar surface area (TPSA) is 63.1 Å². The van der Waals surface area contributed by atoms with E-state index in [0.29, 0.717) is 16.5 Å².